The third-order valence-corrected chi connectivity index (χ3v) is 2.90. The van der Waals surface area contributed by atoms with Crippen LogP contribution in [-0.4, -0.2) is 18.4 Å². The van der Waals surface area contributed by atoms with Gasteiger partial charge in [0.25, 0.3) is 0 Å². The van der Waals surface area contributed by atoms with Crippen LogP contribution in [0.3, 0.4) is 0 Å². The van der Waals surface area contributed by atoms with Crippen LogP contribution in [0.2, 0.25) is 0 Å². The molecule has 0 unspecified atom stereocenters. The van der Waals surface area contributed by atoms with Crippen molar-refractivity contribution in [2.75, 3.05) is 16.8 Å². The van der Waals surface area contributed by atoms with E-state index in [0.29, 0.717) is 0 Å². The number of hydrogen-bond donors (Lipinski definition) is 1. The summed E-state index contributed by atoms with van der Waals surface area (Å²) in [5.41, 5.74) is 2.89. The molecule has 0 fully saturated rings. The van der Waals surface area contributed by atoms with E-state index in [1.807, 2.05) is 18.2 Å². The standard InChI is InChI=1S/C13H16N2O2/c1-9(16)14-12-5-6-13-11(8-12)4-3-7-15(13)10(2)17/h5-6,8H,3-4,7H2,1-2H3,(H,14,16). The summed E-state index contributed by atoms with van der Waals surface area (Å²) in [5, 5.41) is 2.76. The van der Waals surface area contributed by atoms with Gasteiger partial charge < -0.3 is 10.2 Å². The Morgan fingerprint density at radius 1 is 1.29 bits per heavy atom. The summed E-state index contributed by atoms with van der Waals surface area (Å²) in [6.45, 7) is 3.85. The normalized spacial score (nSPS) is 14.1. The average molecular weight is 232 g/mol. The summed E-state index contributed by atoms with van der Waals surface area (Å²) in [5.74, 6) is -0.0117. The van der Waals surface area contributed by atoms with Gasteiger partial charge in [-0.05, 0) is 36.6 Å². The molecule has 4 nitrogen and oxygen atoms in total. The largest absolute Gasteiger partial charge is 0.326 e. The Bertz CT molecular complexity index is 468. The molecule has 0 saturated carbocycles. The van der Waals surface area contributed by atoms with Crippen molar-refractivity contribution in [3.05, 3.63) is 23.8 Å². The molecular weight excluding hydrogens is 216 g/mol. The summed E-state index contributed by atoms with van der Waals surface area (Å²) in [6, 6.07) is 5.69. The van der Waals surface area contributed by atoms with Crippen LogP contribution in [0, 0.1) is 0 Å². The maximum Gasteiger partial charge on any atom is 0.223 e. The molecule has 1 heterocycles. The second-order valence-electron chi connectivity index (χ2n) is 4.30. The van der Waals surface area contributed by atoms with E-state index in [-0.39, 0.29) is 11.8 Å². The van der Waals surface area contributed by atoms with Gasteiger partial charge in [0, 0.05) is 31.8 Å². The number of hydrogen-bond acceptors (Lipinski definition) is 2. The number of carbonyl (C=O) groups excluding carboxylic acids is 2. The molecule has 0 aromatic heterocycles. The molecule has 0 radical (unpaired) electrons. The second kappa shape index (κ2) is 4.57. The Kier molecular flexibility index (Phi) is 3.13. The number of fused-ring (bicyclic) bond motifs is 1. The summed E-state index contributed by atoms with van der Waals surface area (Å²) in [7, 11) is 0. The summed E-state index contributed by atoms with van der Waals surface area (Å²) >= 11 is 0. The molecule has 1 aliphatic heterocycles. The van der Waals surface area contributed by atoms with E-state index < -0.39 is 0 Å². The molecule has 2 amide bonds. The molecule has 90 valence electrons. The highest BCUT2D eigenvalue weighted by Crippen LogP contribution is 2.29. The number of amides is 2. The van der Waals surface area contributed by atoms with Crippen LogP contribution in [0.15, 0.2) is 18.2 Å². The zero-order valence-corrected chi connectivity index (χ0v) is 10.1. The van der Waals surface area contributed by atoms with Crippen molar-refractivity contribution in [3.63, 3.8) is 0 Å². The Morgan fingerprint density at radius 3 is 2.71 bits per heavy atom. The number of nitrogens with one attached hydrogen (secondary N) is 1. The first-order valence-corrected chi connectivity index (χ1v) is 5.76. The van der Waals surface area contributed by atoms with Crippen molar-refractivity contribution in [3.8, 4) is 0 Å². The first kappa shape index (κ1) is 11.6. The van der Waals surface area contributed by atoms with Gasteiger partial charge in [-0.3, -0.25) is 9.59 Å². The predicted octanol–water partition coefficient (Wildman–Crippen LogP) is 1.94. The Morgan fingerprint density at radius 2 is 2.06 bits per heavy atom. The zero-order chi connectivity index (χ0) is 12.4. The fraction of sp³-hybridized carbons (Fsp3) is 0.385. The van der Waals surface area contributed by atoms with Crippen molar-refractivity contribution < 1.29 is 9.59 Å². The number of carbonyl (C=O) groups is 2. The number of anilines is 2. The van der Waals surface area contributed by atoms with Gasteiger partial charge in [0.1, 0.15) is 0 Å². The molecular formula is C13H16N2O2. The lowest BCUT2D eigenvalue weighted by molar-refractivity contribution is -0.116. The van der Waals surface area contributed by atoms with Gasteiger partial charge in [-0.2, -0.15) is 0 Å². The maximum absolute atomic E-state index is 11.5. The molecule has 1 aromatic rings. The van der Waals surface area contributed by atoms with E-state index in [0.717, 1.165) is 36.3 Å². The molecule has 1 aliphatic rings. The highest BCUT2D eigenvalue weighted by Gasteiger charge is 2.19. The van der Waals surface area contributed by atoms with E-state index in [9.17, 15) is 9.59 Å². The van der Waals surface area contributed by atoms with Gasteiger partial charge in [0.2, 0.25) is 11.8 Å². The molecule has 0 saturated heterocycles. The second-order valence-corrected chi connectivity index (χ2v) is 4.30. The SMILES string of the molecule is CC(=O)Nc1ccc2c(c1)CCCN2C(C)=O. The average Bonchev–Trinajstić information content (AvgIpc) is 2.26. The predicted molar refractivity (Wildman–Crippen MR) is 67.1 cm³/mol. The third-order valence-electron chi connectivity index (χ3n) is 2.90. The molecule has 17 heavy (non-hydrogen) atoms. The van der Waals surface area contributed by atoms with Crippen LogP contribution in [0.1, 0.15) is 25.8 Å². The minimum atomic E-state index is -0.0795. The first-order chi connectivity index (χ1) is 8.08. The lowest BCUT2D eigenvalue weighted by Crippen LogP contribution is -2.33. The fourth-order valence-electron chi connectivity index (χ4n) is 2.21. The number of nitrogens with zero attached hydrogens (tertiary/aromatic N) is 1. The topological polar surface area (TPSA) is 49.4 Å². The minimum Gasteiger partial charge on any atom is -0.326 e. The summed E-state index contributed by atoms with van der Waals surface area (Å²) in [6.07, 6.45) is 1.92. The summed E-state index contributed by atoms with van der Waals surface area (Å²) < 4.78 is 0. The van der Waals surface area contributed by atoms with Gasteiger partial charge in [-0.15, -0.1) is 0 Å². The van der Waals surface area contributed by atoms with Crippen molar-refractivity contribution in [2.45, 2.75) is 26.7 Å². The quantitative estimate of drug-likeness (QED) is 0.804. The molecule has 0 bridgehead atoms. The smallest absolute Gasteiger partial charge is 0.223 e. The Hall–Kier alpha value is -1.84. The number of rotatable bonds is 1. The van der Waals surface area contributed by atoms with Gasteiger partial charge in [-0.25, -0.2) is 0 Å². The maximum atomic E-state index is 11.5. The van der Waals surface area contributed by atoms with Gasteiger partial charge in [0.15, 0.2) is 0 Å². The van der Waals surface area contributed by atoms with E-state index in [2.05, 4.69) is 5.32 Å². The van der Waals surface area contributed by atoms with Crippen molar-refractivity contribution in [2.24, 2.45) is 0 Å². The van der Waals surface area contributed by atoms with Crippen LogP contribution < -0.4 is 10.2 Å². The van der Waals surface area contributed by atoms with Gasteiger partial charge in [-0.1, -0.05) is 0 Å². The number of aryl methyl sites for hydroxylation is 1. The van der Waals surface area contributed by atoms with Crippen LogP contribution in [-0.2, 0) is 16.0 Å². The van der Waals surface area contributed by atoms with Crippen LogP contribution >= 0.6 is 0 Å². The van der Waals surface area contributed by atoms with Gasteiger partial charge in [0.05, 0.1) is 0 Å². The van der Waals surface area contributed by atoms with Crippen molar-refractivity contribution >= 4 is 23.2 Å². The molecule has 0 aliphatic carbocycles. The molecule has 0 atom stereocenters. The van der Waals surface area contributed by atoms with Crippen LogP contribution in [0.25, 0.3) is 0 Å². The van der Waals surface area contributed by atoms with Crippen LogP contribution in [0.5, 0.6) is 0 Å². The Balaban J connectivity index is 2.32. The highest BCUT2D eigenvalue weighted by atomic mass is 16.2. The lowest BCUT2D eigenvalue weighted by Gasteiger charge is -2.28. The van der Waals surface area contributed by atoms with E-state index in [1.165, 1.54) is 6.92 Å². The zero-order valence-electron chi connectivity index (χ0n) is 10.1. The van der Waals surface area contributed by atoms with E-state index in [4.69, 9.17) is 0 Å². The highest BCUT2D eigenvalue weighted by molar-refractivity contribution is 5.94. The van der Waals surface area contributed by atoms with Gasteiger partial charge >= 0.3 is 0 Å². The molecule has 1 aromatic carbocycles. The summed E-state index contributed by atoms with van der Waals surface area (Å²) in [4.78, 5) is 24.2. The fourth-order valence-corrected chi connectivity index (χ4v) is 2.21. The van der Waals surface area contributed by atoms with Crippen molar-refractivity contribution in [1.82, 2.24) is 0 Å². The van der Waals surface area contributed by atoms with Crippen molar-refractivity contribution in [1.29, 1.82) is 0 Å². The monoisotopic (exact) mass is 232 g/mol. The molecule has 0 spiro atoms. The Labute approximate surface area is 101 Å². The molecule has 2 rings (SSSR count). The first-order valence-electron chi connectivity index (χ1n) is 5.76. The third kappa shape index (κ3) is 2.46. The molecule has 1 N–H and O–H groups in total. The van der Waals surface area contributed by atoms with E-state index in [1.54, 1.807) is 11.8 Å². The van der Waals surface area contributed by atoms with Crippen LogP contribution in [0.4, 0.5) is 11.4 Å². The van der Waals surface area contributed by atoms with E-state index >= 15 is 0 Å². The molecule has 4 heteroatoms. The lowest BCUT2D eigenvalue weighted by atomic mass is 10.0. The number of benzene rings is 1. The minimum absolute atomic E-state index is 0.0678.